The number of hydrogen-bond donors (Lipinski definition) is 3. The summed E-state index contributed by atoms with van der Waals surface area (Å²) in [7, 11) is 2.00. The Hall–Kier alpha value is -7.16. The van der Waals surface area contributed by atoms with Gasteiger partial charge in [-0.3, -0.25) is 28.8 Å². The number of hydrogen-bond acceptors (Lipinski definition) is 23. The van der Waals surface area contributed by atoms with Crippen LogP contribution in [0.15, 0.2) is 95.9 Å². The van der Waals surface area contributed by atoms with Crippen molar-refractivity contribution >= 4 is 65.5 Å². The Morgan fingerprint density at radius 1 is 0.603 bits per heavy atom. The summed E-state index contributed by atoms with van der Waals surface area (Å²) in [5, 5.41) is 16.8. The fraction of sp³-hybridized carbons (Fsp3) is 0.491. The van der Waals surface area contributed by atoms with Crippen molar-refractivity contribution in [3.8, 4) is 0 Å². The van der Waals surface area contributed by atoms with Crippen molar-refractivity contribution in [3.63, 3.8) is 0 Å². The first-order valence-corrected chi connectivity index (χ1v) is 25.2. The maximum atomic E-state index is 14.8. The number of amides is 2. The summed E-state index contributed by atoms with van der Waals surface area (Å²) in [5.41, 5.74) is 1.18. The van der Waals surface area contributed by atoms with Crippen LogP contribution in [-0.2, 0) is 108 Å². The van der Waals surface area contributed by atoms with Gasteiger partial charge < -0.3 is 72.6 Å². The van der Waals surface area contributed by atoms with Gasteiger partial charge in [-0.15, -0.1) is 0 Å². The van der Waals surface area contributed by atoms with Crippen LogP contribution < -0.4 is 10.6 Å². The smallest absolute Gasteiger partial charge is 0.407 e. The van der Waals surface area contributed by atoms with Gasteiger partial charge in [-0.05, 0) is 23.3 Å². The number of rotatable bonds is 24. The lowest BCUT2D eigenvalue weighted by atomic mass is 9.87. The molecule has 12 atom stereocenters. The summed E-state index contributed by atoms with van der Waals surface area (Å²) in [6.07, 6.45) is -17.7. The zero-order valence-electron chi connectivity index (χ0n) is 44.1. The monoisotopic (exact) mass is 1110 g/mol. The molecule has 3 N–H and O–H groups in total. The van der Waals surface area contributed by atoms with Gasteiger partial charge in [-0.1, -0.05) is 90.6 Å². The molecule has 0 aromatic heterocycles. The highest BCUT2D eigenvalue weighted by Crippen LogP contribution is 2.47. The molecule has 0 radical (unpaired) electrons. The fourth-order valence-corrected chi connectivity index (χ4v) is 10.0. The number of aliphatic hydroxyl groups is 1. The number of methoxy groups -OCH3 is 2. The van der Waals surface area contributed by atoms with Gasteiger partial charge in [-0.2, -0.15) is 0 Å². The van der Waals surface area contributed by atoms with Crippen LogP contribution in [0.5, 0.6) is 0 Å². The second kappa shape index (κ2) is 29.0. The Morgan fingerprint density at radius 2 is 1.12 bits per heavy atom. The van der Waals surface area contributed by atoms with Crippen molar-refractivity contribution in [2.75, 3.05) is 27.4 Å². The van der Waals surface area contributed by atoms with E-state index in [4.69, 9.17) is 56.8 Å². The van der Waals surface area contributed by atoms with Gasteiger partial charge in [0, 0.05) is 52.9 Å². The first kappa shape index (κ1) is 61.7. The molecule has 0 aliphatic carbocycles. The quantitative estimate of drug-likeness (QED) is 0.0857. The van der Waals surface area contributed by atoms with Crippen LogP contribution in [-0.4, -0.2) is 158 Å². The van der Waals surface area contributed by atoms with Crippen molar-refractivity contribution < 1.29 is 105 Å². The molecular weight excluding hydrogens is 1050 g/mol. The van der Waals surface area contributed by atoms with Crippen LogP contribution in [0.1, 0.15) is 65.5 Å². The zero-order chi connectivity index (χ0) is 57.2. The number of alkyl carbamates (subject to hydrolysis) is 1. The van der Waals surface area contributed by atoms with Gasteiger partial charge in [0.15, 0.2) is 12.2 Å². The van der Waals surface area contributed by atoms with Gasteiger partial charge in [-0.25, -0.2) is 14.4 Å². The second-order valence-corrected chi connectivity index (χ2v) is 19.2. The van der Waals surface area contributed by atoms with E-state index in [2.05, 4.69) is 10.6 Å². The van der Waals surface area contributed by atoms with Crippen molar-refractivity contribution in [3.05, 3.63) is 102 Å². The minimum Gasteiger partial charge on any atom is -0.466 e. The van der Waals surface area contributed by atoms with E-state index in [1.807, 2.05) is 0 Å². The number of carbonyl (C=O) groups is 9. The molecule has 424 valence electrons. The van der Waals surface area contributed by atoms with Crippen molar-refractivity contribution in [1.82, 2.24) is 10.6 Å². The third-order valence-electron chi connectivity index (χ3n) is 11.8. The Bertz CT molecular complexity index is 2540. The maximum Gasteiger partial charge on any atom is 0.407 e. The third kappa shape index (κ3) is 17.4. The number of benzene rings is 3. The van der Waals surface area contributed by atoms with E-state index in [0.29, 0.717) is 16.0 Å². The summed E-state index contributed by atoms with van der Waals surface area (Å²) in [5.74, 6) is -11.0. The van der Waals surface area contributed by atoms with Gasteiger partial charge >= 0.3 is 47.9 Å². The van der Waals surface area contributed by atoms with Crippen LogP contribution in [0.3, 0.4) is 0 Å². The fourth-order valence-electron chi connectivity index (χ4n) is 8.77. The van der Waals surface area contributed by atoms with Crippen LogP contribution in [0, 0.1) is 0 Å². The lowest BCUT2D eigenvalue weighted by Crippen LogP contribution is -2.71. The summed E-state index contributed by atoms with van der Waals surface area (Å²) in [4.78, 5) is 119. The molecule has 2 fully saturated rings. The lowest BCUT2D eigenvalue weighted by Gasteiger charge is -2.51. The Morgan fingerprint density at radius 3 is 1.64 bits per heavy atom. The Labute approximate surface area is 453 Å². The molecule has 2 saturated heterocycles. The average Bonchev–Trinajstić information content (AvgIpc) is 3.49. The van der Waals surface area contributed by atoms with Crippen LogP contribution in [0.2, 0.25) is 0 Å². The van der Waals surface area contributed by atoms with Crippen molar-refractivity contribution in [2.45, 2.75) is 144 Å². The number of aliphatic hydroxyl groups excluding tert-OH is 1. The molecule has 25 heteroatoms. The van der Waals surface area contributed by atoms with Crippen LogP contribution in [0.4, 0.5) is 4.79 Å². The van der Waals surface area contributed by atoms with E-state index >= 15 is 0 Å². The molecule has 2 heterocycles. The highest BCUT2D eigenvalue weighted by Gasteiger charge is 2.63. The molecule has 3 aromatic carbocycles. The minimum atomic E-state index is -2.97. The molecule has 78 heavy (non-hydrogen) atoms. The molecular formula is C53H64N2O22S. The summed E-state index contributed by atoms with van der Waals surface area (Å²) < 4.78 is 71.1. The predicted octanol–water partition coefficient (Wildman–Crippen LogP) is 3.15. The third-order valence-corrected chi connectivity index (χ3v) is 13.1. The number of nitrogens with one attached hydrogen (secondary N) is 2. The van der Waals surface area contributed by atoms with E-state index in [0.717, 1.165) is 67.5 Å². The largest absolute Gasteiger partial charge is 0.466 e. The molecule has 3 aromatic rings. The van der Waals surface area contributed by atoms with Gasteiger partial charge in [0.25, 0.3) is 5.79 Å². The standard InChI is InChI=1S/C53H64N2O22S/c1-30(56)54-43-40(71-32(3)58)24-52(49(63)66-7,76-47(43)45(73-34(5)60)39(62)28-69-31(2)57)75-42(29-68-26-36-18-12-9-13-19-36)46(74-35(6)61)48-44(55-51(65)70-27-37-20-14-10-15-21-37)41(72-33(4)59)25-53(77-48,50(64)67-8)78-38-22-16-11-17-23-38/h9-23,39-48,62H,24-29H2,1-8H3,(H,54,56)(H,55,65)/t39-,40+,41+,42-,43-,44-,45-,46-,47-,48-,52-,53+/m1/s1. The number of carbonyl (C=O) groups excluding carboxylic acids is 9. The lowest BCUT2D eigenvalue weighted by molar-refractivity contribution is -0.339. The van der Waals surface area contributed by atoms with E-state index in [1.54, 1.807) is 91.0 Å². The van der Waals surface area contributed by atoms with Gasteiger partial charge in [0.1, 0.15) is 49.8 Å². The van der Waals surface area contributed by atoms with E-state index in [9.17, 15) is 48.3 Å². The minimum absolute atomic E-state index is 0.190. The molecule has 2 aliphatic rings. The summed E-state index contributed by atoms with van der Waals surface area (Å²) >= 11 is 0.819. The molecule has 2 aliphatic heterocycles. The maximum absolute atomic E-state index is 14.8. The molecule has 2 amide bonds. The zero-order valence-corrected chi connectivity index (χ0v) is 44.9. The number of thioether (sulfide) groups is 1. The molecule has 0 saturated carbocycles. The topological polar surface area (TPSA) is 309 Å². The molecule has 0 unspecified atom stereocenters. The Balaban J connectivity index is 1.79. The molecule has 5 rings (SSSR count). The van der Waals surface area contributed by atoms with Crippen molar-refractivity contribution in [1.29, 1.82) is 0 Å². The van der Waals surface area contributed by atoms with E-state index < -0.39 is 151 Å². The van der Waals surface area contributed by atoms with Gasteiger partial charge in [0.2, 0.25) is 10.8 Å². The van der Waals surface area contributed by atoms with Crippen molar-refractivity contribution in [2.24, 2.45) is 0 Å². The number of ether oxygens (including phenoxy) is 12. The summed E-state index contributed by atoms with van der Waals surface area (Å²) in [6, 6.07) is 22.3. The van der Waals surface area contributed by atoms with Gasteiger partial charge in [0.05, 0.1) is 45.9 Å². The molecule has 0 spiro atoms. The van der Waals surface area contributed by atoms with E-state index in [1.165, 1.54) is 0 Å². The average molecular weight is 1110 g/mol. The SMILES string of the molecule is COC(=O)[C@@]1(O[C@H](COCc2ccccc2)[C@@H](OC(C)=O)[C@@H]2O[C@@](Sc3ccccc3)(C(=O)OC)C[C@H](OC(C)=O)[C@H]2NC(=O)OCc2ccccc2)C[C@H](OC(C)=O)[C@@H](NC(C)=O)[C@H]([C@H](OC(C)=O)[C@H](O)COC(C)=O)O1. The Kier molecular flexibility index (Phi) is 22.9. The van der Waals surface area contributed by atoms with Crippen LogP contribution in [0.25, 0.3) is 0 Å². The second-order valence-electron chi connectivity index (χ2n) is 17.9. The highest BCUT2D eigenvalue weighted by molar-refractivity contribution is 8.01. The summed E-state index contributed by atoms with van der Waals surface area (Å²) in [6.45, 7) is 4.12. The normalized spacial score (nSPS) is 24.2. The first-order valence-electron chi connectivity index (χ1n) is 24.4. The molecule has 0 bridgehead atoms. The first-order chi connectivity index (χ1) is 37.1. The number of esters is 7. The predicted molar refractivity (Wildman–Crippen MR) is 268 cm³/mol. The van der Waals surface area contributed by atoms with E-state index in [-0.39, 0.29) is 13.2 Å². The molecule has 24 nitrogen and oxygen atoms in total. The van der Waals surface area contributed by atoms with Crippen LogP contribution >= 0.6 is 11.8 Å². The highest BCUT2D eigenvalue weighted by atomic mass is 32.2.